The highest BCUT2D eigenvalue weighted by atomic mass is 33.1. The van der Waals surface area contributed by atoms with Gasteiger partial charge in [-0.3, -0.25) is 19.2 Å². The van der Waals surface area contributed by atoms with Crippen LogP contribution in [0.2, 0.25) is 0 Å². The highest BCUT2D eigenvalue weighted by Crippen LogP contribution is 2.43. The van der Waals surface area contributed by atoms with E-state index in [4.69, 9.17) is 20.9 Å². The monoisotopic (exact) mass is 983 g/mol. The summed E-state index contributed by atoms with van der Waals surface area (Å²) >= 11 is 0. The van der Waals surface area contributed by atoms with E-state index in [9.17, 15) is 19.2 Å². The van der Waals surface area contributed by atoms with E-state index in [-0.39, 0.29) is 49.9 Å². The molecule has 2 amide bonds. The third-order valence-corrected chi connectivity index (χ3v) is 15.0. The summed E-state index contributed by atoms with van der Waals surface area (Å²) in [6, 6.07) is 0. The number of carbonyl (C=O) groups excluding carboxylic acids is 4. The molecule has 14 nitrogen and oxygen atoms in total. The van der Waals surface area contributed by atoms with Gasteiger partial charge in [0, 0.05) is 70.4 Å². The van der Waals surface area contributed by atoms with E-state index in [1.165, 1.54) is 134 Å². The number of nitrogens with two attached hydrogens (primary N) is 2. The lowest BCUT2D eigenvalue weighted by atomic mass is 10.1. The average molecular weight is 983 g/mol. The van der Waals surface area contributed by atoms with Gasteiger partial charge in [0.15, 0.2) is 0 Å². The first-order valence-electron chi connectivity index (χ1n) is 25.6. The Bertz CT molecular complexity index is 1700. The number of amides is 2. The molecule has 0 unspecified atom stereocenters. The predicted molar refractivity (Wildman–Crippen MR) is 279 cm³/mol. The van der Waals surface area contributed by atoms with Gasteiger partial charge in [-0.1, -0.05) is 164 Å². The minimum Gasteiger partial charge on any atom is -0.465 e. The molecule has 0 spiro atoms. The zero-order valence-electron chi connectivity index (χ0n) is 42.6. The Balaban J connectivity index is 2.19. The number of aryl methyl sites for hydroxylation is 2. The van der Waals surface area contributed by atoms with E-state index >= 15 is 0 Å². The lowest BCUT2D eigenvalue weighted by Gasteiger charge is -2.24. The first kappa shape index (κ1) is 59.9. The molecule has 0 radical (unpaired) electrons. The minimum absolute atomic E-state index is 0.113. The normalized spacial score (nSPS) is 12.0. The summed E-state index contributed by atoms with van der Waals surface area (Å²) in [6.45, 7) is 12.1. The van der Waals surface area contributed by atoms with E-state index in [1.54, 1.807) is 26.2 Å². The summed E-state index contributed by atoms with van der Waals surface area (Å²) in [5.74, 6) is 1.11. The van der Waals surface area contributed by atoms with Crippen LogP contribution in [-0.2, 0) is 41.7 Å². The lowest BCUT2D eigenvalue weighted by molar-refractivity contribution is -0.144. The Morgan fingerprint density at radius 3 is 1.13 bits per heavy atom. The van der Waals surface area contributed by atoms with Crippen molar-refractivity contribution in [2.75, 3.05) is 24.7 Å². The van der Waals surface area contributed by atoms with Crippen molar-refractivity contribution >= 4 is 58.0 Å². The average Bonchev–Trinajstić information content (AvgIpc) is 3.32. The molecule has 0 aliphatic carbocycles. The topological polar surface area (TPSA) is 197 Å². The quantitative estimate of drug-likeness (QED) is 0.0276. The highest BCUT2D eigenvalue weighted by molar-refractivity contribution is 8.79. The molecule has 0 aliphatic rings. The number of ether oxygens (including phenoxy) is 2. The van der Waals surface area contributed by atoms with Gasteiger partial charge in [-0.05, 0) is 40.5 Å². The van der Waals surface area contributed by atoms with E-state index in [1.807, 2.05) is 13.8 Å². The summed E-state index contributed by atoms with van der Waals surface area (Å²) in [4.78, 5) is 72.9. The van der Waals surface area contributed by atoms with Gasteiger partial charge >= 0.3 is 11.9 Å². The highest BCUT2D eigenvalue weighted by Gasteiger charge is 2.20. The maximum atomic E-state index is 12.9. The second-order valence-corrected chi connectivity index (χ2v) is 20.1. The number of unbranched alkanes of at least 4 members (excludes halogenated alkanes) is 20. The van der Waals surface area contributed by atoms with Crippen LogP contribution in [0.15, 0.2) is 33.6 Å². The Kier molecular flexibility index (Phi) is 33.2. The molecule has 0 fully saturated rings. The van der Waals surface area contributed by atoms with Crippen molar-refractivity contribution in [3.05, 3.63) is 56.4 Å². The van der Waals surface area contributed by atoms with Gasteiger partial charge in [0.05, 0.1) is 26.3 Å². The first-order chi connectivity index (χ1) is 32.9. The molecule has 2 heterocycles. The number of hydrogen-bond acceptors (Lipinski definition) is 14. The van der Waals surface area contributed by atoms with Crippen LogP contribution in [-0.4, -0.2) is 67.7 Å². The molecule has 68 heavy (non-hydrogen) atoms. The fourth-order valence-corrected chi connectivity index (χ4v) is 10.5. The van der Waals surface area contributed by atoms with Crippen LogP contribution in [0.1, 0.15) is 217 Å². The first-order valence-corrected chi connectivity index (χ1v) is 27.7. The van der Waals surface area contributed by atoms with Crippen molar-refractivity contribution < 1.29 is 28.7 Å². The largest absolute Gasteiger partial charge is 0.465 e. The van der Waals surface area contributed by atoms with Gasteiger partial charge in [0.1, 0.15) is 23.3 Å². The molecule has 2 rings (SSSR count). The number of aromatic nitrogens is 4. The van der Waals surface area contributed by atoms with Crippen molar-refractivity contribution in [2.24, 2.45) is 0 Å². The Labute approximate surface area is 417 Å². The van der Waals surface area contributed by atoms with Crippen LogP contribution in [0.3, 0.4) is 0 Å². The molecule has 0 saturated carbocycles. The smallest absolute Gasteiger partial charge is 0.305 e. The van der Waals surface area contributed by atoms with Crippen LogP contribution in [0.4, 0.5) is 11.6 Å². The van der Waals surface area contributed by atoms with Gasteiger partial charge in [-0.2, -0.15) is 0 Å². The standard InChI is InChI=1S/C52H86N8O6S2/c1-7-9-11-13-15-17-19-21-23-25-27-29-49(63)65-33-31-47(41(3)59(39-61)37-45-35-55-43(5)57-51(45)53)67-68-48(42(4)60(40-62)38-46-36-56-44(6)58-52(46)54)32-34-66-50(64)30-28-26-24-22-20-18-16-14-12-10-8-2/h35-36,39-40H,7-34,37-38H2,1-6H3,(H2,53,55,57)(H2,54,56,58)/b47-41-,48-42-. The molecule has 0 aromatic carbocycles. The molecule has 0 bridgehead atoms. The molecular weight excluding hydrogens is 897 g/mol. The number of hydrogen-bond donors (Lipinski definition) is 2. The minimum atomic E-state index is -0.250. The van der Waals surface area contributed by atoms with Crippen molar-refractivity contribution in [2.45, 2.75) is 222 Å². The van der Waals surface area contributed by atoms with Crippen molar-refractivity contribution in [3.63, 3.8) is 0 Å². The summed E-state index contributed by atoms with van der Waals surface area (Å²) in [5, 5.41) is 0. The fourth-order valence-electron chi connectivity index (χ4n) is 7.62. The van der Waals surface area contributed by atoms with Crippen LogP contribution < -0.4 is 11.5 Å². The Hall–Kier alpha value is -4.18. The lowest BCUT2D eigenvalue weighted by Crippen LogP contribution is -2.22. The molecule has 0 saturated heterocycles. The zero-order chi connectivity index (χ0) is 49.8. The number of carbonyl (C=O) groups is 4. The van der Waals surface area contributed by atoms with Gasteiger partial charge in [-0.15, -0.1) is 0 Å². The Morgan fingerprint density at radius 1 is 0.529 bits per heavy atom. The van der Waals surface area contributed by atoms with E-state index in [0.29, 0.717) is 59.9 Å². The SMILES string of the molecule is CCCCCCCCCCCCCC(=O)OCC/C(SS/C(CCOC(=O)CCCCCCCCCCCCC)=C(/C)N(C=O)Cc1cnc(C)nc1N)=C(\C)N(C=O)Cc1cnc(C)nc1N. The second-order valence-electron chi connectivity index (χ2n) is 17.8. The number of allylic oxidation sites excluding steroid dienone is 2. The molecule has 0 aliphatic heterocycles. The third-order valence-electron chi connectivity index (χ3n) is 12.0. The molecule has 16 heteroatoms. The summed E-state index contributed by atoms with van der Waals surface area (Å²) in [7, 11) is 2.79. The summed E-state index contributed by atoms with van der Waals surface area (Å²) in [6.07, 6.45) is 32.4. The predicted octanol–water partition coefficient (Wildman–Crippen LogP) is 12.8. The number of anilines is 2. The summed E-state index contributed by atoms with van der Waals surface area (Å²) < 4.78 is 11.5. The number of rotatable bonds is 41. The van der Waals surface area contributed by atoms with Crippen molar-refractivity contribution in [1.82, 2.24) is 29.7 Å². The second kappa shape index (κ2) is 37.7. The molecular formula is C52H86N8O6S2. The maximum Gasteiger partial charge on any atom is 0.305 e. The van der Waals surface area contributed by atoms with Gasteiger partial charge in [-0.25, -0.2) is 19.9 Å². The van der Waals surface area contributed by atoms with Crippen LogP contribution in [0.25, 0.3) is 0 Å². The van der Waals surface area contributed by atoms with Crippen LogP contribution in [0, 0.1) is 13.8 Å². The molecule has 2 aromatic heterocycles. The van der Waals surface area contributed by atoms with Gasteiger partial charge in [0.2, 0.25) is 12.8 Å². The number of esters is 2. The van der Waals surface area contributed by atoms with E-state index in [0.717, 1.165) is 61.2 Å². The Morgan fingerprint density at radius 2 is 0.838 bits per heavy atom. The third kappa shape index (κ3) is 26.5. The number of nitrogens with zero attached hydrogens (tertiary/aromatic N) is 6. The fraction of sp³-hybridized carbons (Fsp3) is 0.692. The summed E-state index contributed by atoms with van der Waals surface area (Å²) in [5.41, 5.74) is 14.9. The van der Waals surface area contributed by atoms with Gasteiger partial charge < -0.3 is 30.7 Å². The molecule has 2 aromatic rings. The van der Waals surface area contributed by atoms with E-state index < -0.39 is 0 Å². The van der Waals surface area contributed by atoms with Crippen LogP contribution in [0.5, 0.6) is 0 Å². The zero-order valence-corrected chi connectivity index (χ0v) is 44.3. The van der Waals surface area contributed by atoms with Crippen molar-refractivity contribution in [1.29, 1.82) is 0 Å². The van der Waals surface area contributed by atoms with E-state index in [2.05, 4.69) is 33.8 Å². The van der Waals surface area contributed by atoms with Crippen LogP contribution >= 0.6 is 21.6 Å². The van der Waals surface area contributed by atoms with Gasteiger partial charge in [0.25, 0.3) is 0 Å². The molecule has 382 valence electrons. The number of nitrogen functional groups attached to an aromatic ring is 2. The van der Waals surface area contributed by atoms with Crippen molar-refractivity contribution in [3.8, 4) is 0 Å². The molecule has 0 atom stereocenters. The molecule has 4 N–H and O–H groups in total. The maximum absolute atomic E-state index is 12.9.